The Bertz CT molecular complexity index is 443. The quantitative estimate of drug-likeness (QED) is 0.765. The Morgan fingerprint density at radius 2 is 2.20 bits per heavy atom. The van der Waals surface area contributed by atoms with Gasteiger partial charge in [0.2, 0.25) is 5.91 Å². The van der Waals surface area contributed by atoms with Crippen molar-refractivity contribution in [3.05, 3.63) is 33.8 Å². The van der Waals surface area contributed by atoms with Crippen LogP contribution >= 0.6 is 35.0 Å². The monoisotopic (exact) mass is 335 g/mol. The number of carbonyl (C=O) groups is 1. The summed E-state index contributed by atoms with van der Waals surface area (Å²) in [4.78, 5) is 11.6. The number of carbonyl (C=O) groups excluding carboxylic acids is 1. The van der Waals surface area contributed by atoms with Gasteiger partial charge in [-0.25, -0.2) is 0 Å². The molecule has 1 amide bonds. The van der Waals surface area contributed by atoms with Gasteiger partial charge in [0.05, 0.1) is 5.75 Å². The zero-order valence-corrected chi connectivity index (χ0v) is 13.7. The van der Waals surface area contributed by atoms with Crippen LogP contribution in [0.25, 0.3) is 0 Å². The predicted octanol–water partition coefficient (Wildman–Crippen LogP) is 3.36. The van der Waals surface area contributed by atoms with Crippen molar-refractivity contribution >= 4 is 40.9 Å². The van der Waals surface area contributed by atoms with E-state index >= 15 is 0 Å². The first-order valence-corrected chi connectivity index (χ1v) is 8.33. The highest BCUT2D eigenvalue weighted by Crippen LogP contribution is 2.24. The maximum atomic E-state index is 11.6. The van der Waals surface area contributed by atoms with E-state index in [9.17, 15) is 4.79 Å². The topological polar surface area (TPSA) is 49.3 Å². The van der Waals surface area contributed by atoms with E-state index in [1.165, 1.54) is 11.8 Å². The first kappa shape index (κ1) is 17.6. The Labute approximate surface area is 134 Å². The minimum Gasteiger partial charge on any atom is -0.396 e. The van der Waals surface area contributed by atoms with Crippen LogP contribution < -0.4 is 5.32 Å². The second-order valence-corrected chi connectivity index (χ2v) is 6.48. The van der Waals surface area contributed by atoms with Gasteiger partial charge in [0.25, 0.3) is 0 Å². The summed E-state index contributed by atoms with van der Waals surface area (Å²) in [6.07, 6.45) is 0.702. The zero-order valence-electron chi connectivity index (χ0n) is 11.4. The van der Waals surface area contributed by atoms with Crippen LogP contribution in [-0.4, -0.2) is 29.9 Å². The van der Waals surface area contributed by atoms with Crippen LogP contribution in [0, 0.1) is 5.92 Å². The van der Waals surface area contributed by atoms with Crippen LogP contribution in [-0.2, 0) is 10.5 Å². The highest BCUT2D eigenvalue weighted by atomic mass is 35.5. The maximum absolute atomic E-state index is 11.6. The fraction of sp³-hybridized carbons (Fsp3) is 0.500. The highest BCUT2D eigenvalue weighted by Gasteiger charge is 2.07. The third-order valence-electron chi connectivity index (χ3n) is 2.78. The van der Waals surface area contributed by atoms with E-state index in [4.69, 9.17) is 28.3 Å². The molecule has 0 heterocycles. The number of rotatable bonds is 8. The smallest absolute Gasteiger partial charge is 0.230 e. The molecule has 1 aromatic carbocycles. The summed E-state index contributed by atoms with van der Waals surface area (Å²) in [5.74, 6) is 1.37. The fourth-order valence-electron chi connectivity index (χ4n) is 1.55. The molecule has 6 heteroatoms. The van der Waals surface area contributed by atoms with Crippen LogP contribution in [0.15, 0.2) is 18.2 Å². The molecule has 0 fully saturated rings. The Balaban J connectivity index is 2.24. The molecule has 0 aliphatic heterocycles. The number of halogens is 2. The van der Waals surface area contributed by atoms with Crippen LogP contribution in [0.5, 0.6) is 0 Å². The molecule has 3 nitrogen and oxygen atoms in total. The molecule has 2 N–H and O–H groups in total. The second-order valence-electron chi connectivity index (χ2n) is 4.65. The van der Waals surface area contributed by atoms with Crippen LogP contribution in [0.4, 0.5) is 0 Å². The highest BCUT2D eigenvalue weighted by molar-refractivity contribution is 7.99. The molecule has 1 aromatic rings. The molecule has 0 bridgehead atoms. The molecule has 0 aromatic heterocycles. The van der Waals surface area contributed by atoms with E-state index in [1.54, 1.807) is 12.1 Å². The van der Waals surface area contributed by atoms with Crippen molar-refractivity contribution in [1.82, 2.24) is 5.32 Å². The Kier molecular flexibility index (Phi) is 8.38. The van der Waals surface area contributed by atoms with Crippen molar-refractivity contribution in [1.29, 1.82) is 0 Å². The predicted molar refractivity (Wildman–Crippen MR) is 86.5 cm³/mol. The molecule has 1 atom stereocenters. The van der Waals surface area contributed by atoms with E-state index in [1.807, 2.05) is 13.0 Å². The summed E-state index contributed by atoms with van der Waals surface area (Å²) in [7, 11) is 0. The fourth-order valence-corrected chi connectivity index (χ4v) is 2.97. The lowest BCUT2D eigenvalue weighted by atomic mass is 10.1. The van der Waals surface area contributed by atoms with E-state index < -0.39 is 0 Å². The van der Waals surface area contributed by atoms with Crippen molar-refractivity contribution in [2.24, 2.45) is 5.92 Å². The standard InChI is InChI=1S/C14H19Cl2NO2S/c1-10(4-5-18)7-17-14(19)9-20-8-11-2-3-12(15)6-13(11)16/h2-3,6,10,18H,4-5,7-9H2,1H3,(H,17,19). The number of benzene rings is 1. The molecular weight excluding hydrogens is 317 g/mol. The number of hydrogen-bond acceptors (Lipinski definition) is 3. The number of thioether (sulfide) groups is 1. The second kappa shape index (κ2) is 9.50. The Morgan fingerprint density at radius 1 is 1.45 bits per heavy atom. The van der Waals surface area contributed by atoms with Gasteiger partial charge in [0.1, 0.15) is 0 Å². The van der Waals surface area contributed by atoms with Crippen molar-refractivity contribution in [2.45, 2.75) is 19.1 Å². The summed E-state index contributed by atoms with van der Waals surface area (Å²) in [5, 5.41) is 12.9. The number of nitrogens with one attached hydrogen (secondary N) is 1. The van der Waals surface area contributed by atoms with E-state index in [-0.39, 0.29) is 12.5 Å². The molecular formula is C14H19Cl2NO2S. The van der Waals surface area contributed by atoms with Gasteiger partial charge in [-0.2, -0.15) is 0 Å². The number of aliphatic hydroxyl groups is 1. The van der Waals surface area contributed by atoms with Gasteiger partial charge >= 0.3 is 0 Å². The molecule has 0 spiro atoms. The summed E-state index contributed by atoms with van der Waals surface area (Å²) in [6.45, 7) is 2.75. The van der Waals surface area contributed by atoms with Crippen LogP contribution in [0.1, 0.15) is 18.9 Å². The Hall–Kier alpha value is -0.420. The summed E-state index contributed by atoms with van der Waals surface area (Å²) < 4.78 is 0. The molecule has 0 aliphatic carbocycles. The average Bonchev–Trinajstić information content (AvgIpc) is 2.39. The zero-order chi connectivity index (χ0) is 15.0. The normalized spacial score (nSPS) is 12.2. The minimum absolute atomic E-state index is 0.00451. The summed E-state index contributed by atoms with van der Waals surface area (Å²) in [5.41, 5.74) is 0.975. The molecule has 1 rings (SSSR count). The number of amides is 1. The molecule has 0 radical (unpaired) electrons. The van der Waals surface area contributed by atoms with Crippen molar-refractivity contribution in [3.8, 4) is 0 Å². The number of hydrogen-bond donors (Lipinski definition) is 2. The Morgan fingerprint density at radius 3 is 2.85 bits per heavy atom. The van der Waals surface area contributed by atoms with Gasteiger partial charge in [-0.05, 0) is 30.0 Å². The summed E-state index contributed by atoms with van der Waals surface area (Å²) >= 11 is 13.4. The maximum Gasteiger partial charge on any atom is 0.230 e. The van der Waals surface area contributed by atoms with Gasteiger partial charge in [-0.15, -0.1) is 11.8 Å². The largest absolute Gasteiger partial charge is 0.396 e. The molecule has 20 heavy (non-hydrogen) atoms. The lowest BCUT2D eigenvalue weighted by Crippen LogP contribution is -2.30. The first-order valence-electron chi connectivity index (χ1n) is 6.42. The van der Waals surface area contributed by atoms with Crippen molar-refractivity contribution in [3.63, 3.8) is 0 Å². The van der Waals surface area contributed by atoms with Crippen LogP contribution in [0.2, 0.25) is 10.0 Å². The molecule has 112 valence electrons. The molecule has 1 unspecified atom stereocenters. The van der Waals surface area contributed by atoms with Gasteiger partial charge in [-0.1, -0.05) is 36.2 Å². The third kappa shape index (κ3) is 6.84. The van der Waals surface area contributed by atoms with Crippen LogP contribution in [0.3, 0.4) is 0 Å². The van der Waals surface area contributed by atoms with Crippen molar-refractivity contribution in [2.75, 3.05) is 18.9 Å². The minimum atomic E-state index is 0.00451. The molecule has 0 saturated carbocycles. The van der Waals surface area contributed by atoms with Gasteiger partial charge in [0.15, 0.2) is 0 Å². The lowest BCUT2D eigenvalue weighted by Gasteiger charge is -2.11. The van der Waals surface area contributed by atoms with Gasteiger partial charge in [-0.3, -0.25) is 4.79 Å². The number of aliphatic hydroxyl groups excluding tert-OH is 1. The lowest BCUT2D eigenvalue weighted by molar-refractivity contribution is -0.118. The first-order chi connectivity index (χ1) is 9.52. The van der Waals surface area contributed by atoms with Crippen molar-refractivity contribution < 1.29 is 9.90 Å². The van der Waals surface area contributed by atoms with E-state index in [0.29, 0.717) is 40.4 Å². The van der Waals surface area contributed by atoms with E-state index in [2.05, 4.69) is 5.32 Å². The SMILES string of the molecule is CC(CCO)CNC(=O)CSCc1ccc(Cl)cc1Cl. The van der Waals surface area contributed by atoms with Gasteiger partial charge < -0.3 is 10.4 Å². The van der Waals surface area contributed by atoms with E-state index in [0.717, 1.165) is 5.56 Å². The summed E-state index contributed by atoms with van der Waals surface area (Å²) in [6, 6.07) is 5.37. The third-order valence-corrected chi connectivity index (χ3v) is 4.34. The molecule has 0 saturated heterocycles. The average molecular weight is 336 g/mol. The molecule has 0 aliphatic rings. The van der Waals surface area contributed by atoms with Gasteiger partial charge in [0, 0.05) is 28.9 Å².